The van der Waals surface area contributed by atoms with Crippen molar-refractivity contribution in [1.82, 2.24) is 14.6 Å². The summed E-state index contributed by atoms with van der Waals surface area (Å²) >= 11 is 5.62. The van der Waals surface area contributed by atoms with Crippen LogP contribution in [0.2, 0.25) is 5.02 Å². The third-order valence-electron chi connectivity index (χ3n) is 2.97. The number of ether oxygens (including phenoxy) is 1. The summed E-state index contributed by atoms with van der Waals surface area (Å²) in [7, 11) is -3.66. The van der Waals surface area contributed by atoms with Crippen molar-refractivity contribution in [3.05, 3.63) is 27.6 Å². The molecule has 0 bridgehead atoms. The molecule has 1 aromatic rings. The quantitative estimate of drug-likeness (QED) is 0.772. The van der Waals surface area contributed by atoms with Crippen LogP contribution >= 0.6 is 11.6 Å². The number of morpholine rings is 1. The number of nitrogens with zero attached hydrogens (tertiary/aromatic N) is 1. The van der Waals surface area contributed by atoms with Crippen LogP contribution in [0.1, 0.15) is 0 Å². The van der Waals surface area contributed by atoms with Crippen molar-refractivity contribution >= 4 is 21.6 Å². The lowest BCUT2D eigenvalue weighted by Crippen LogP contribution is -2.41. The van der Waals surface area contributed by atoms with Gasteiger partial charge >= 0.3 is 0 Å². The van der Waals surface area contributed by atoms with Crippen molar-refractivity contribution in [2.45, 2.75) is 4.90 Å². The maximum Gasteiger partial charge on any atom is 0.266 e. The Bertz CT molecular complexity index is 610. The fraction of sp³-hybridized carbons (Fsp3) is 0.545. The normalized spacial score (nSPS) is 17.2. The molecule has 0 unspecified atom stereocenters. The molecule has 2 heterocycles. The van der Waals surface area contributed by atoms with Gasteiger partial charge in [0.05, 0.1) is 18.1 Å². The number of aromatic amines is 1. The Morgan fingerprint density at radius 2 is 2.10 bits per heavy atom. The third-order valence-corrected chi connectivity index (χ3v) is 4.69. The summed E-state index contributed by atoms with van der Waals surface area (Å²) in [5.41, 5.74) is -0.515. The molecule has 112 valence electrons. The van der Waals surface area contributed by atoms with E-state index in [4.69, 9.17) is 16.3 Å². The molecule has 0 amide bonds. The minimum Gasteiger partial charge on any atom is -0.379 e. The van der Waals surface area contributed by atoms with Gasteiger partial charge < -0.3 is 9.72 Å². The van der Waals surface area contributed by atoms with Crippen molar-refractivity contribution in [1.29, 1.82) is 0 Å². The monoisotopic (exact) mass is 321 g/mol. The van der Waals surface area contributed by atoms with Gasteiger partial charge in [0.2, 0.25) is 10.0 Å². The van der Waals surface area contributed by atoms with Gasteiger partial charge in [0.15, 0.2) is 0 Å². The van der Waals surface area contributed by atoms with E-state index in [0.717, 1.165) is 25.4 Å². The van der Waals surface area contributed by atoms with Gasteiger partial charge in [0.1, 0.15) is 5.02 Å². The predicted octanol–water partition coefficient (Wildman–Crippen LogP) is -0.361. The third kappa shape index (κ3) is 4.03. The molecule has 1 aromatic heterocycles. The molecule has 1 saturated heterocycles. The lowest BCUT2D eigenvalue weighted by molar-refractivity contribution is 0.0390. The molecule has 1 fully saturated rings. The molecule has 0 saturated carbocycles. The Balaban J connectivity index is 1.93. The van der Waals surface area contributed by atoms with E-state index in [9.17, 15) is 13.2 Å². The largest absolute Gasteiger partial charge is 0.379 e. The Kier molecular flexibility index (Phi) is 5.17. The van der Waals surface area contributed by atoms with E-state index in [2.05, 4.69) is 14.6 Å². The van der Waals surface area contributed by atoms with E-state index in [1.165, 1.54) is 0 Å². The maximum atomic E-state index is 12.0. The smallest absolute Gasteiger partial charge is 0.266 e. The highest BCUT2D eigenvalue weighted by atomic mass is 35.5. The number of H-pyrrole nitrogens is 1. The second-order valence-corrected chi connectivity index (χ2v) is 6.54. The first-order valence-electron chi connectivity index (χ1n) is 6.17. The Hall–Kier alpha value is -0.930. The van der Waals surface area contributed by atoms with E-state index in [1.807, 2.05) is 0 Å². The highest BCUT2D eigenvalue weighted by Crippen LogP contribution is 2.10. The fourth-order valence-corrected chi connectivity index (χ4v) is 3.09. The molecule has 7 nitrogen and oxygen atoms in total. The Labute approximate surface area is 121 Å². The van der Waals surface area contributed by atoms with Gasteiger partial charge in [-0.1, -0.05) is 11.6 Å². The van der Waals surface area contributed by atoms with Gasteiger partial charge in [-0.2, -0.15) is 0 Å². The van der Waals surface area contributed by atoms with Crippen LogP contribution in [-0.2, 0) is 14.8 Å². The zero-order valence-electron chi connectivity index (χ0n) is 10.8. The standard InChI is InChI=1S/C11H16ClN3O4S/c12-10-7-9(8-13-11(10)16)20(17,18)14-1-2-15-3-5-19-6-4-15/h7-8,14H,1-6H2,(H,13,16). The zero-order valence-corrected chi connectivity index (χ0v) is 12.3. The van der Waals surface area contributed by atoms with Gasteiger partial charge in [-0.05, 0) is 6.07 Å². The highest BCUT2D eigenvalue weighted by molar-refractivity contribution is 7.89. The number of hydrogen-bond donors (Lipinski definition) is 2. The van der Waals surface area contributed by atoms with Crippen LogP contribution in [0.5, 0.6) is 0 Å². The lowest BCUT2D eigenvalue weighted by Gasteiger charge is -2.26. The minimum atomic E-state index is -3.66. The molecule has 0 atom stereocenters. The minimum absolute atomic E-state index is 0.0518. The van der Waals surface area contributed by atoms with E-state index in [1.54, 1.807) is 0 Å². The molecule has 0 aliphatic carbocycles. The first-order chi connectivity index (χ1) is 9.49. The van der Waals surface area contributed by atoms with Crippen LogP contribution in [0.4, 0.5) is 0 Å². The number of hydrogen-bond acceptors (Lipinski definition) is 5. The molecular weight excluding hydrogens is 306 g/mol. The van der Waals surface area contributed by atoms with Crippen LogP contribution in [0.25, 0.3) is 0 Å². The summed E-state index contributed by atoms with van der Waals surface area (Å²) in [6.45, 7) is 3.84. The summed E-state index contributed by atoms with van der Waals surface area (Å²) in [5.74, 6) is 0. The SMILES string of the molecule is O=c1[nH]cc(S(=O)(=O)NCCN2CCOCC2)cc1Cl. The first kappa shape index (κ1) is 15.5. The van der Waals surface area contributed by atoms with Gasteiger partial charge in [0.25, 0.3) is 5.56 Å². The van der Waals surface area contributed by atoms with Crippen LogP contribution in [0.3, 0.4) is 0 Å². The molecule has 1 aliphatic rings. The molecule has 0 aromatic carbocycles. The second kappa shape index (κ2) is 6.68. The summed E-state index contributed by atoms with van der Waals surface area (Å²) in [4.78, 5) is 15.4. The molecular formula is C11H16ClN3O4S. The van der Waals surface area contributed by atoms with E-state index in [0.29, 0.717) is 26.3 Å². The highest BCUT2D eigenvalue weighted by Gasteiger charge is 2.16. The average molecular weight is 322 g/mol. The molecule has 0 radical (unpaired) electrons. The maximum absolute atomic E-state index is 12.0. The predicted molar refractivity (Wildman–Crippen MR) is 74.5 cm³/mol. The van der Waals surface area contributed by atoms with Crippen molar-refractivity contribution in [3.63, 3.8) is 0 Å². The second-order valence-electron chi connectivity index (χ2n) is 4.36. The summed E-state index contributed by atoms with van der Waals surface area (Å²) in [6.07, 6.45) is 1.13. The number of nitrogens with one attached hydrogen (secondary N) is 2. The van der Waals surface area contributed by atoms with E-state index in [-0.39, 0.29) is 9.92 Å². The zero-order chi connectivity index (χ0) is 14.6. The Morgan fingerprint density at radius 1 is 1.40 bits per heavy atom. The summed E-state index contributed by atoms with van der Waals surface area (Å²) < 4.78 is 31.7. The van der Waals surface area contributed by atoms with Gasteiger partial charge in [-0.3, -0.25) is 9.69 Å². The summed E-state index contributed by atoms with van der Waals surface area (Å²) in [5, 5.41) is -0.152. The number of pyridine rings is 1. The fourth-order valence-electron chi connectivity index (χ4n) is 1.84. The molecule has 0 spiro atoms. The first-order valence-corrected chi connectivity index (χ1v) is 8.03. The molecule has 1 aliphatic heterocycles. The van der Waals surface area contributed by atoms with Crippen molar-refractivity contribution in [2.24, 2.45) is 0 Å². The van der Waals surface area contributed by atoms with Crippen molar-refractivity contribution < 1.29 is 13.2 Å². The molecule has 20 heavy (non-hydrogen) atoms. The molecule has 9 heteroatoms. The topological polar surface area (TPSA) is 91.5 Å². The van der Waals surface area contributed by atoms with Gasteiger partial charge in [-0.15, -0.1) is 0 Å². The van der Waals surface area contributed by atoms with Crippen LogP contribution in [0.15, 0.2) is 22.0 Å². The molecule has 2 N–H and O–H groups in total. The number of sulfonamides is 1. The van der Waals surface area contributed by atoms with Crippen molar-refractivity contribution in [3.8, 4) is 0 Å². The van der Waals surface area contributed by atoms with E-state index >= 15 is 0 Å². The van der Waals surface area contributed by atoms with Gasteiger partial charge in [0, 0.05) is 32.4 Å². The van der Waals surface area contributed by atoms with Crippen LogP contribution in [0, 0.1) is 0 Å². The van der Waals surface area contributed by atoms with Crippen molar-refractivity contribution in [2.75, 3.05) is 39.4 Å². The van der Waals surface area contributed by atoms with Crippen LogP contribution in [-0.4, -0.2) is 57.7 Å². The summed E-state index contributed by atoms with van der Waals surface area (Å²) in [6, 6.07) is 1.14. The Morgan fingerprint density at radius 3 is 2.75 bits per heavy atom. The van der Waals surface area contributed by atoms with Crippen LogP contribution < -0.4 is 10.3 Å². The number of aromatic nitrogens is 1. The number of rotatable bonds is 5. The van der Waals surface area contributed by atoms with E-state index < -0.39 is 15.6 Å². The van der Waals surface area contributed by atoms with Gasteiger partial charge in [-0.25, -0.2) is 13.1 Å². The molecule has 2 rings (SSSR count). The number of halogens is 1. The lowest BCUT2D eigenvalue weighted by atomic mass is 10.4. The average Bonchev–Trinajstić information content (AvgIpc) is 2.43.